The van der Waals surface area contributed by atoms with E-state index in [1.54, 1.807) is 44.2 Å². The van der Waals surface area contributed by atoms with Crippen LogP contribution in [0, 0.1) is 0 Å². The van der Waals surface area contributed by atoms with Crippen LogP contribution in [0.5, 0.6) is 0 Å². The lowest BCUT2D eigenvalue weighted by atomic mass is 9.88. The third kappa shape index (κ3) is 4.98. The van der Waals surface area contributed by atoms with Crippen LogP contribution in [0.25, 0.3) is 0 Å². The first kappa shape index (κ1) is 22.1. The number of hydrogen-bond acceptors (Lipinski definition) is 7. The standard InChI is InChI=1S/C20H24N2O7/c1-3-28-19(26)16(20(27)29-4-2)22-14(11-8-12-23)15(18(22)25)21-17(24)13-9-6-5-7-10-13/h5-7,9-10,12,14-16H,3-4,8,11H2,1-2H3,(H,21,24)/t14-,15+/m1/s1. The van der Waals surface area contributed by atoms with Crippen LogP contribution in [0.2, 0.25) is 0 Å². The maximum absolute atomic E-state index is 12.8. The molecule has 0 unspecified atom stereocenters. The van der Waals surface area contributed by atoms with E-state index in [1.165, 1.54) is 0 Å². The van der Waals surface area contributed by atoms with Crippen LogP contribution in [-0.4, -0.2) is 66.3 Å². The number of β-lactam (4-membered cyclic amide) rings is 1. The maximum Gasteiger partial charge on any atom is 0.340 e. The van der Waals surface area contributed by atoms with Gasteiger partial charge in [-0.3, -0.25) is 9.59 Å². The summed E-state index contributed by atoms with van der Waals surface area (Å²) in [5, 5.41) is 2.62. The van der Waals surface area contributed by atoms with Gasteiger partial charge in [0.05, 0.1) is 19.3 Å². The van der Waals surface area contributed by atoms with E-state index in [4.69, 9.17) is 9.47 Å². The molecule has 0 radical (unpaired) electrons. The zero-order chi connectivity index (χ0) is 21.4. The highest BCUT2D eigenvalue weighted by Gasteiger charge is 2.55. The molecule has 0 aliphatic carbocycles. The average molecular weight is 404 g/mol. The van der Waals surface area contributed by atoms with Gasteiger partial charge in [-0.2, -0.15) is 0 Å². The monoisotopic (exact) mass is 404 g/mol. The average Bonchev–Trinajstić information content (AvgIpc) is 2.72. The summed E-state index contributed by atoms with van der Waals surface area (Å²) in [6.07, 6.45) is 0.926. The summed E-state index contributed by atoms with van der Waals surface area (Å²) < 4.78 is 9.85. The Balaban J connectivity index is 2.24. The topological polar surface area (TPSA) is 119 Å². The largest absolute Gasteiger partial charge is 0.464 e. The molecule has 0 saturated carbocycles. The minimum atomic E-state index is -1.58. The lowest BCUT2D eigenvalue weighted by molar-refractivity contribution is -0.179. The number of carbonyl (C=O) groups excluding carboxylic acids is 5. The first-order valence-electron chi connectivity index (χ1n) is 9.41. The minimum absolute atomic E-state index is 0.0178. The van der Waals surface area contributed by atoms with Crippen molar-refractivity contribution in [1.29, 1.82) is 0 Å². The van der Waals surface area contributed by atoms with Crippen molar-refractivity contribution in [3.63, 3.8) is 0 Å². The van der Waals surface area contributed by atoms with Gasteiger partial charge >= 0.3 is 11.9 Å². The zero-order valence-corrected chi connectivity index (χ0v) is 16.3. The van der Waals surface area contributed by atoms with Crippen molar-refractivity contribution < 1.29 is 33.4 Å². The Hall–Kier alpha value is -3.23. The third-order valence-corrected chi connectivity index (χ3v) is 4.46. The highest BCUT2D eigenvalue weighted by atomic mass is 16.6. The normalized spacial score (nSPS) is 18.0. The van der Waals surface area contributed by atoms with E-state index in [9.17, 15) is 24.0 Å². The molecule has 0 bridgehead atoms. The number of ether oxygens (including phenoxy) is 2. The predicted molar refractivity (Wildman–Crippen MR) is 101 cm³/mol. The smallest absolute Gasteiger partial charge is 0.340 e. The summed E-state index contributed by atoms with van der Waals surface area (Å²) in [5.41, 5.74) is 0.361. The van der Waals surface area contributed by atoms with Gasteiger partial charge in [0.25, 0.3) is 5.91 Å². The fourth-order valence-corrected chi connectivity index (χ4v) is 3.17. The molecule has 0 spiro atoms. The SMILES string of the molecule is CCOC(=O)C(C(=O)OCC)N1C(=O)[C@@H](NC(=O)c2ccccc2)[C@H]1CCC=O. The number of hydrogen-bond donors (Lipinski definition) is 1. The van der Waals surface area contributed by atoms with Crippen molar-refractivity contribution in [2.75, 3.05) is 13.2 Å². The molecular weight excluding hydrogens is 380 g/mol. The fourth-order valence-electron chi connectivity index (χ4n) is 3.17. The molecule has 1 aromatic rings. The van der Waals surface area contributed by atoms with Gasteiger partial charge in [0, 0.05) is 12.0 Å². The van der Waals surface area contributed by atoms with E-state index in [1.807, 2.05) is 0 Å². The fraction of sp³-hybridized carbons (Fsp3) is 0.450. The van der Waals surface area contributed by atoms with Crippen LogP contribution in [0.1, 0.15) is 37.0 Å². The van der Waals surface area contributed by atoms with Crippen LogP contribution >= 0.6 is 0 Å². The van der Waals surface area contributed by atoms with E-state index in [0.717, 1.165) is 4.90 Å². The number of rotatable bonds is 10. The van der Waals surface area contributed by atoms with Crippen LogP contribution in [-0.2, 0) is 28.7 Å². The molecule has 156 valence electrons. The third-order valence-electron chi connectivity index (χ3n) is 4.46. The summed E-state index contributed by atoms with van der Waals surface area (Å²) in [6.45, 7) is 3.18. The first-order chi connectivity index (χ1) is 14.0. The molecule has 1 aliphatic rings. The molecule has 9 nitrogen and oxygen atoms in total. The van der Waals surface area contributed by atoms with Gasteiger partial charge in [0.15, 0.2) is 0 Å². The van der Waals surface area contributed by atoms with Gasteiger partial charge < -0.3 is 24.5 Å². The molecule has 29 heavy (non-hydrogen) atoms. The number of amides is 2. The number of nitrogens with one attached hydrogen (secondary N) is 1. The second-order valence-corrected chi connectivity index (χ2v) is 6.28. The van der Waals surface area contributed by atoms with E-state index in [0.29, 0.717) is 11.8 Å². The number of carbonyl (C=O) groups is 5. The van der Waals surface area contributed by atoms with Crippen molar-refractivity contribution in [2.24, 2.45) is 0 Å². The molecule has 1 fully saturated rings. The van der Waals surface area contributed by atoms with Crippen molar-refractivity contribution in [2.45, 2.75) is 44.8 Å². The molecule has 2 rings (SSSR count). The molecule has 1 aliphatic heterocycles. The van der Waals surface area contributed by atoms with Crippen molar-refractivity contribution in [1.82, 2.24) is 10.2 Å². The predicted octanol–water partition coefficient (Wildman–Crippen LogP) is 0.470. The molecule has 1 heterocycles. The Morgan fingerprint density at radius 3 is 2.21 bits per heavy atom. The van der Waals surface area contributed by atoms with Crippen LogP contribution < -0.4 is 5.32 Å². The van der Waals surface area contributed by atoms with Crippen LogP contribution in [0.15, 0.2) is 30.3 Å². The molecule has 1 N–H and O–H groups in total. The van der Waals surface area contributed by atoms with E-state index < -0.39 is 41.9 Å². The lowest BCUT2D eigenvalue weighted by Crippen LogP contribution is -2.75. The van der Waals surface area contributed by atoms with Gasteiger partial charge in [0.2, 0.25) is 11.9 Å². The van der Waals surface area contributed by atoms with Gasteiger partial charge in [-0.1, -0.05) is 18.2 Å². The molecule has 1 aromatic carbocycles. The number of esters is 2. The molecule has 1 saturated heterocycles. The van der Waals surface area contributed by atoms with Crippen molar-refractivity contribution >= 4 is 30.0 Å². The molecular formula is C20H24N2O7. The number of nitrogens with zero attached hydrogens (tertiary/aromatic N) is 1. The summed E-state index contributed by atoms with van der Waals surface area (Å²) in [4.78, 5) is 61.8. The highest BCUT2D eigenvalue weighted by Crippen LogP contribution is 2.28. The number of benzene rings is 1. The van der Waals surface area contributed by atoms with Gasteiger partial charge in [0.1, 0.15) is 12.3 Å². The summed E-state index contributed by atoms with van der Waals surface area (Å²) in [7, 11) is 0. The number of aldehydes is 1. The Kier molecular flexibility index (Phi) is 7.88. The van der Waals surface area contributed by atoms with Crippen molar-refractivity contribution in [3.05, 3.63) is 35.9 Å². The Morgan fingerprint density at radius 2 is 1.69 bits per heavy atom. The molecule has 9 heteroatoms. The second-order valence-electron chi connectivity index (χ2n) is 6.28. The second kappa shape index (κ2) is 10.4. The first-order valence-corrected chi connectivity index (χ1v) is 9.41. The minimum Gasteiger partial charge on any atom is -0.464 e. The summed E-state index contributed by atoms with van der Waals surface area (Å²) in [6, 6.07) is 5.05. The van der Waals surface area contributed by atoms with Gasteiger partial charge in [-0.15, -0.1) is 0 Å². The summed E-state index contributed by atoms with van der Waals surface area (Å²) >= 11 is 0. The van der Waals surface area contributed by atoms with Gasteiger partial charge in [-0.25, -0.2) is 9.59 Å². The highest BCUT2D eigenvalue weighted by molar-refractivity contribution is 6.07. The van der Waals surface area contributed by atoms with Gasteiger partial charge in [-0.05, 0) is 32.4 Å². The maximum atomic E-state index is 12.8. The lowest BCUT2D eigenvalue weighted by Gasteiger charge is -2.49. The van der Waals surface area contributed by atoms with Crippen LogP contribution in [0.3, 0.4) is 0 Å². The Morgan fingerprint density at radius 1 is 1.10 bits per heavy atom. The molecule has 2 atom stereocenters. The van der Waals surface area contributed by atoms with Crippen LogP contribution in [0.4, 0.5) is 0 Å². The Bertz CT molecular complexity index is 747. The molecule has 2 amide bonds. The van der Waals surface area contributed by atoms with E-state index in [-0.39, 0.29) is 26.1 Å². The summed E-state index contributed by atoms with van der Waals surface area (Å²) in [5.74, 6) is -2.91. The van der Waals surface area contributed by atoms with E-state index >= 15 is 0 Å². The quantitative estimate of drug-likeness (QED) is 0.261. The molecule has 0 aromatic heterocycles. The zero-order valence-electron chi connectivity index (χ0n) is 16.3. The Labute approximate surface area is 168 Å². The van der Waals surface area contributed by atoms with Crippen molar-refractivity contribution in [3.8, 4) is 0 Å². The number of likely N-dealkylation sites (tertiary alicyclic amines) is 1. The van der Waals surface area contributed by atoms with E-state index in [2.05, 4.69) is 5.32 Å².